The molecule has 0 aromatic rings. The smallest absolute Gasteiger partial charge is 0.443 e. The van der Waals surface area contributed by atoms with E-state index in [0.717, 1.165) is 24.8 Å². The van der Waals surface area contributed by atoms with Crippen LogP contribution in [0.2, 0.25) is 0 Å². The van der Waals surface area contributed by atoms with Crippen molar-refractivity contribution < 1.29 is 33.7 Å². The first-order valence-electron chi connectivity index (χ1n) is 12.5. The van der Waals surface area contributed by atoms with E-state index in [1.54, 1.807) is 26.8 Å². The molecule has 1 N–H and O–H groups in total. The number of carbonyl (C=O) groups is 3. The minimum atomic E-state index is -1.59. The Morgan fingerprint density at radius 3 is 2.47 bits per heavy atom. The molecule has 0 aliphatic heterocycles. The second-order valence-electron chi connectivity index (χ2n) is 11.4. The lowest BCUT2D eigenvalue weighted by Crippen LogP contribution is -2.63. The number of aliphatic hydroxyl groups excluding tert-OH is 1. The Hall–Kier alpha value is -1.60. The Balaban J connectivity index is 1.72. The van der Waals surface area contributed by atoms with E-state index in [4.69, 9.17) is 25.8 Å². The summed E-state index contributed by atoms with van der Waals surface area (Å²) in [6, 6.07) is 0. The van der Waals surface area contributed by atoms with Gasteiger partial charge in [-0.1, -0.05) is 31.0 Å². The summed E-state index contributed by atoms with van der Waals surface area (Å²) in [4.78, 5) is 38.3. The first-order chi connectivity index (χ1) is 15.8. The number of aliphatic hydroxyl groups is 1. The maximum Gasteiger partial charge on any atom is 0.509 e. The van der Waals surface area contributed by atoms with Gasteiger partial charge in [0, 0.05) is 11.8 Å². The maximum absolute atomic E-state index is 13.5. The highest BCUT2D eigenvalue weighted by molar-refractivity contribution is 6.20. The molecule has 1 unspecified atom stereocenters. The van der Waals surface area contributed by atoms with Crippen LogP contribution in [0.5, 0.6) is 0 Å². The van der Waals surface area contributed by atoms with E-state index in [2.05, 4.69) is 6.92 Å². The molecule has 0 amide bonds. The molecular weight excluding hydrogens is 460 g/mol. The molecule has 0 bridgehead atoms. The number of alkyl halides is 1. The van der Waals surface area contributed by atoms with Crippen molar-refractivity contribution in [2.24, 2.45) is 28.6 Å². The number of ketones is 1. The van der Waals surface area contributed by atoms with Crippen molar-refractivity contribution >= 4 is 29.5 Å². The zero-order valence-corrected chi connectivity index (χ0v) is 21.5. The summed E-state index contributed by atoms with van der Waals surface area (Å²) in [6.45, 7) is 9.08. The molecule has 34 heavy (non-hydrogen) atoms. The lowest BCUT2D eigenvalue weighted by Gasteiger charge is -2.60. The molecule has 0 spiro atoms. The molecule has 8 atom stereocenters. The van der Waals surface area contributed by atoms with Gasteiger partial charge in [-0.25, -0.2) is 9.59 Å². The van der Waals surface area contributed by atoms with Gasteiger partial charge in [0.25, 0.3) is 0 Å². The van der Waals surface area contributed by atoms with Crippen LogP contribution in [0.4, 0.5) is 4.79 Å². The second-order valence-corrected chi connectivity index (χ2v) is 12.0. The van der Waals surface area contributed by atoms with E-state index in [9.17, 15) is 19.5 Å². The third-order valence-corrected chi connectivity index (χ3v) is 9.29. The highest BCUT2D eigenvalue weighted by Gasteiger charge is 2.71. The molecule has 190 valence electrons. The van der Waals surface area contributed by atoms with Gasteiger partial charge >= 0.3 is 12.1 Å². The summed E-state index contributed by atoms with van der Waals surface area (Å²) in [6.07, 6.45) is 3.85. The van der Waals surface area contributed by atoms with Crippen molar-refractivity contribution in [3.63, 3.8) is 0 Å². The zero-order valence-electron chi connectivity index (χ0n) is 20.8. The summed E-state index contributed by atoms with van der Waals surface area (Å²) in [5, 5.41) is 11.6. The molecule has 8 heteroatoms. The highest BCUT2D eigenvalue weighted by atomic mass is 35.5. The van der Waals surface area contributed by atoms with E-state index < -0.39 is 40.9 Å². The van der Waals surface area contributed by atoms with Crippen molar-refractivity contribution in [3.05, 3.63) is 11.6 Å². The normalized spacial score (nSPS) is 42.1. The second kappa shape index (κ2) is 8.81. The van der Waals surface area contributed by atoms with Crippen LogP contribution in [0.25, 0.3) is 0 Å². The third-order valence-electron chi connectivity index (χ3n) is 9.21. The van der Waals surface area contributed by atoms with Crippen LogP contribution >= 0.6 is 11.6 Å². The zero-order chi connectivity index (χ0) is 25.1. The number of hydrogen-bond acceptors (Lipinski definition) is 7. The number of rotatable bonds is 4. The fourth-order valence-corrected chi connectivity index (χ4v) is 7.90. The maximum atomic E-state index is 13.5. The van der Waals surface area contributed by atoms with Gasteiger partial charge in [-0.2, -0.15) is 0 Å². The molecule has 3 saturated carbocycles. The van der Waals surface area contributed by atoms with Crippen molar-refractivity contribution in [1.82, 2.24) is 0 Å². The Morgan fingerprint density at radius 2 is 1.82 bits per heavy atom. The number of allylic oxidation sites excluding steroid dienone is 1. The van der Waals surface area contributed by atoms with Gasteiger partial charge in [0.05, 0.1) is 12.2 Å². The molecule has 0 aromatic carbocycles. The fraction of sp³-hybridized carbons (Fsp3) is 0.808. The monoisotopic (exact) mass is 496 g/mol. The summed E-state index contributed by atoms with van der Waals surface area (Å²) in [7, 11) is 0. The number of ether oxygens (including phenoxy) is 3. The van der Waals surface area contributed by atoms with Crippen LogP contribution in [-0.2, 0) is 23.8 Å². The Labute approximate surface area is 206 Å². The lowest BCUT2D eigenvalue weighted by atomic mass is 9.45. The van der Waals surface area contributed by atoms with Gasteiger partial charge in [0.1, 0.15) is 0 Å². The highest BCUT2D eigenvalue weighted by Crippen LogP contribution is 2.68. The van der Waals surface area contributed by atoms with Crippen LogP contribution in [-0.4, -0.2) is 46.4 Å². The van der Waals surface area contributed by atoms with Gasteiger partial charge in [-0.05, 0) is 88.5 Å². The van der Waals surface area contributed by atoms with Crippen LogP contribution in [0.15, 0.2) is 11.6 Å². The SMILES string of the molecule is CC(C)OC(=O)O[C@]1(C(=O)OC(C)Cl)CC[C@H]2[C@@H]3CCC4=CC(=O)CC[C@]4(C)[C@H]3[C@@H](O)C[C@@]21C. The summed E-state index contributed by atoms with van der Waals surface area (Å²) >= 11 is 6.00. The first kappa shape index (κ1) is 25.5. The Kier molecular flexibility index (Phi) is 6.60. The minimum absolute atomic E-state index is 0.0138. The standard InChI is InChI=1S/C26H37ClO7/c1-14(2)32-23(31)34-26(22(30)33-15(3)27)11-9-19-18-7-6-16-12-17(28)8-10-24(16,4)21(18)20(29)13-25(19,26)5/h12,14-15,18-21,29H,6-11,13H2,1-5H3/t15?,18-,19-,20-,21+,24-,25-,26-/m0/s1. The summed E-state index contributed by atoms with van der Waals surface area (Å²) in [5.41, 5.74) is -2.42. The lowest BCUT2D eigenvalue weighted by molar-refractivity contribution is -0.205. The van der Waals surface area contributed by atoms with Crippen molar-refractivity contribution in [3.8, 4) is 0 Å². The third kappa shape index (κ3) is 3.87. The quantitative estimate of drug-likeness (QED) is 0.435. The van der Waals surface area contributed by atoms with Gasteiger partial charge in [-0.3, -0.25) is 4.79 Å². The molecule has 4 rings (SSSR count). The Bertz CT molecular complexity index is 898. The van der Waals surface area contributed by atoms with Crippen molar-refractivity contribution in [1.29, 1.82) is 0 Å². The average molecular weight is 497 g/mol. The van der Waals surface area contributed by atoms with Gasteiger partial charge in [-0.15, -0.1) is 0 Å². The van der Waals surface area contributed by atoms with Gasteiger partial charge in [0.2, 0.25) is 5.60 Å². The number of hydrogen-bond donors (Lipinski definition) is 1. The van der Waals surface area contributed by atoms with Crippen LogP contribution in [0.3, 0.4) is 0 Å². The van der Waals surface area contributed by atoms with Crippen LogP contribution in [0, 0.1) is 28.6 Å². The molecule has 0 aromatic heterocycles. The summed E-state index contributed by atoms with van der Waals surface area (Å²) in [5.74, 6) is -0.355. The molecule has 4 aliphatic carbocycles. The van der Waals surface area contributed by atoms with Crippen molar-refractivity contribution in [2.75, 3.05) is 0 Å². The Morgan fingerprint density at radius 1 is 1.12 bits per heavy atom. The minimum Gasteiger partial charge on any atom is -0.443 e. The topological polar surface area (TPSA) is 99.1 Å². The number of esters is 1. The van der Waals surface area contributed by atoms with E-state index in [1.807, 2.05) is 6.92 Å². The molecule has 0 saturated heterocycles. The predicted octanol–water partition coefficient (Wildman–Crippen LogP) is 4.92. The number of halogens is 1. The molecular formula is C26H37ClO7. The van der Waals surface area contributed by atoms with E-state index in [0.29, 0.717) is 12.8 Å². The molecule has 3 fully saturated rings. The van der Waals surface area contributed by atoms with Crippen LogP contribution in [0.1, 0.15) is 79.6 Å². The number of fused-ring (bicyclic) bond motifs is 5. The van der Waals surface area contributed by atoms with E-state index in [1.165, 1.54) is 0 Å². The van der Waals surface area contributed by atoms with Gasteiger partial charge in [0.15, 0.2) is 11.3 Å². The largest absolute Gasteiger partial charge is 0.509 e. The molecule has 0 heterocycles. The predicted molar refractivity (Wildman–Crippen MR) is 125 cm³/mol. The average Bonchev–Trinajstić information content (AvgIpc) is 2.99. The van der Waals surface area contributed by atoms with Crippen molar-refractivity contribution in [2.45, 2.75) is 103 Å². The molecule has 7 nitrogen and oxygen atoms in total. The van der Waals surface area contributed by atoms with Gasteiger partial charge < -0.3 is 19.3 Å². The molecule has 0 radical (unpaired) electrons. The molecule has 4 aliphatic rings. The van der Waals surface area contributed by atoms with E-state index in [-0.39, 0.29) is 41.8 Å². The number of carbonyl (C=O) groups excluding carboxylic acids is 3. The van der Waals surface area contributed by atoms with Crippen LogP contribution < -0.4 is 0 Å². The fourth-order valence-electron chi connectivity index (χ4n) is 7.82. The van der Waals surface area contributed by atoms with E-state index >= 15 is 0 Å². The summed E-state index contributed by atoms with van der Waals surface area (Å²) < 4.78 is 16.5. The first-order valence-corrected chi connectivity index (χ1v) is 12.9.